The van der Waals surface area contributed by atoms with E-state index in [4.69, 9.17) is 11.6 Å². The maximum Gasteiger partial charge on any atom is 0.0648 e. The second-order valence-electron chi connectivity index (χ2n) is 4.30. The molecule has 2 rings (SSSR count). The Morgan fingerprint density at radius 2 is 2.12 bits per heavy atom. The van der Waals surface area contributed by atoms with Crippen LogP contribution >= 0.6 is 23.4 Å². The van der Waals surface area contributed by atoms with E-state index in [2.05, 4.69) is 47.6 Å². The highest BCUT2D eigenvalue weighted by Gasteiger charge is 2.22. The van der Waals surface area contributed by atoms with Crippen LogP contribution < -0.4 is 4.90 Å². The van der Waals surface area contributed by atoms with Crippen LogP contribution in [0.1, 0.15) is 19.5 Å². The highest BCUT2D eigenvalue weighted by molar-refractivity contribution is 8.00. The number of nitrogens with zero attached hydrogens (tertiary/aromatic N) is 2. The van der Waals surface area contributed by atoms with E-state index in [1.54, 1.807) is 0 Å². The number of hydrogen-bond donors (Lipinski definition) is 0. The third kappa shape index (κ3) is 2.83. The first-order chi connectivity index (χ1) is 7.69. The predicted octanol–water partition coefficient (Wildman–Crippen LogP) is 3.15. The van der Waals surface area contributed by atoms with Crippen molar-refractivity contribution in [2.45, 2.75) is 30.2 Å². The van der Waals surface area contributed by atoms with E-state index >= 15 is 0 Å². The van der Waals surface area contributed by atoms with Gasteiger partial charge in [-0.15, -0.1) is 11.6 Å². The van der Waals surface area contributed by atoms with Gasteiger partial charge in [0.2, 0.25) is 0 Å². The van der Waals surface area contributed by atoms with E-state index in [-0.39, 0.29) is 0 Å². The van der Waals surface area contributed by atoms with Crippen LogP contribution in [0.3, 0.4) is 0 Å². The second kappa shape index (κ2) is 5.28. The van der Waals surface area contributed by atoms with Crippen LogP contribution in [-0.4, -0.2) is 28.6 Å². The molecule has 16 heavy (non-hydrogen) atoms. The molecule has 0 radical (unpaired) electrons. The number of aromatic nitrogens is 1. The molecule has 0 bridgehead atoms. The number of anilines is 1. The molecule has 0 spiro atoms. The van der Waals surface area contributed by atoms with Crippen molar-refractivity contribution in [3.8, 4) is 0 Å². The summed E-state index contributed by atoms with van der Waals surface area (Å²) in [6.07, 6.45) is 1.85. The first-order valence-electron chi connectivity index (χ1n) is 5.60. The lowest BCUT2D eigenvalue weighted by atomic mass is 10.2. The Morgan fingerprint density at radius 3 is 2.75 bits per heavy atom. The summed E-state index contributed by atoms with van der Waals surface area (Å²) in [5.74, 6) is 0.488. The third-order valence-corrected chi connectivity index (χ3v) is 4.22. The molecule has 0 saturated carbocycles. The monoisotopic (exact) mass is 256 g/mol. The Labute approximate surface area is 106 Å². The Kier molecular flexibility index (Phi) is 3.98. The topological polar surface area (TPSA) is 16.1 Å². The molecule has 0 aliphatic carbocycles. The fourth-order valence-electron chi connectivity index (χ4n) is 2.12. The minimum atomic E-state index is 0.488. The van der Waals surface area contributed by atoms with Crippen molar-refractivity contribution >= 4 is 29.1 Å². The molecular formula is C12H17ClN2S. The Balaban J connectivity index is 2.16. The number of pyridine rings is 1. The van der Waals surface area contributed by atoms with E-state index in [0.29, 0.717) is 16.4 Å². The lowest BCUT2D eigenvalue weighted by Crippen LogP contribution is -2.40. The molecule has 1 aliphatic rings. The largest absolute Gasteiger partial charge is 0.369 e. The minimum absolute atomic E-state index is 0.488. The number of thioether (sulfide) groups is 1. The van der Waals surface area contributed by atoms with E-state index in [1.807, 2.05) is 6.20 Å². The number of hydrogen-bond acceptors (Lipinski definition) is 3. The molecule has 1 aliphatic heterocycles. The zero-order valence-corrected chi connectivity index (χ0v) is 11.3. The minimum Gasteiger partial charge on any atom is -0.369 e. The van der Waals surface area contributed by atoms with Crippen LogP contribution in [0.25, 0.3) is 0 Å². The van der Waals surface area contributed by atoms with E-state index < -0.39 is 0 Å². The van der Waals surface area contributed by atoms with Crippen molar-refractivity contribution in [2.75, 3.05) is 18.0 Å². The SMILES string of the molecule is CC1CN(c2ccnc(CCl)c2)CC(C)S1. The van der Waals surface area contributed by atoms with Gasteiger partial charge in [0, 0.05) is 35.5 Å². The summed E-state index contributed by atoms with van der Waals surface area (Å²) in [6, 6.07) is 4.17. The van der Waals surface area contributed by atoms with Crippen molar-refractivity contribution in [3.63, 3.8) is 0 Å². The zero-order chi connectivity index (χ0) is 11.5. The average molecular weight is 257 g/mol. The van der Waals surface area contributed by atoms with Gasteiger partial charge in [0.1, 0.15) is 0 Å². The Bertz CT molecular complexity index is 349. The van der Waals surface area contributed by atoms with Gasteiger partial charge in [-0.25, -0.2) is 0 Å². The summed E-state index contributed by atoms with van der Waals surface area (Å²) in [7, 11) is 0. The molecule has 88 valence electrons. The Morgan fingerprint density at radius 1 is 1.44 bits per heavy atom. The van der Waals surface area contributed by atoms with Crippen LogP contribution in [0, 0.1) is 0 Å². The molecule has 0 N–H and O–H groups in total. The Hall–Kier alpha value is -0.410. The first kappa shape index (κ1) is 12.1. The molecule has 1 fully saturated rings. The number of rotatable bonds is 2. The number of halogens is 1. The van der Waals surface area contributed by atoms with Gasteiger partial charge in [-0.3, -0.25) is 4.98 Å². The smallest absolute Gasteiger partial charge is 0.0648 e. The summed E-state index contributed by atoms with van der Waals surface area (Å²) in [4.78, 5) is 6.66. The summed E-state index contributed by atoms with van der Waals surface area (Å²) < 4.78 is 0. The predicted molar refractivity (Wildman–Crippen MR) is 72.5 cm³/mol. The highest BCUT2D eigenvalue weighted by Crippen LogP contribution is 2.28. The zero-order valence-electron chi connectivity index (χ0n) is 9.69. The van der Waals surface area contributed by atoms with Crippen molar-refractivity contribution in [1.29, 1.82) is 0 Å². The molecule has 1 aromatic heterocycles. The van der Waals surface area contributed by atoms with Crippen LogP contribution in [0.2, 0.25) is 0 Å². The molecule has 2 heterocycles. The van der Waals surface area contributed by atoms with E-state index in [9.17, 15) is 0 Å². The van der Waals surface area contributed by atoms with E-state index in [1.165, 1.54) is 5.69 Å². The van der Waals surface area contributed by atoms with Crippen LogP contribution in [0.4, 0.5) is 5.69 Å². The molecule has 2 unspecified atom stereocenters. The van der Waals surface area contributed by atoms with Crippen LogP contribution in [0.15, 0.2) is 18.3 Å². The summed E-state index contributed by atoms with van der Waals surface area (Å²) >= 11 is 7.88. The summed E-state index contributed by atoms with van der Waals surface area (Å²) in [5.41, 5.74) is 2.21. The quantitative estimate of drug-likeness (QED) is 0.757. The molecule has 4 heteroatoms. The van der Waals surface area contributed by atoms with Gasteiger partial charge in [-0.1, -0.05) is 13.8 Å². The maximum absolute atomic E-state index is 5.81. The molecule has 1 saturated heterocycles. The molecule has 2 nitrogen and oxygen atoms in total. The van der Waals surface area contributed by atoms with Gasteiger partial charge in [0.05, 0.1) is 11.6 Å². The summed E-state index contributed by atoms with van der Waals surface area (Å²) in [5, 5.41) is 1.38. The van der Waals surface area contributed by atoms with Gasteiger partial charge in [0.25, 0.3) is 0 Å². The third-order valence-electron chi connectivity index (χ3n) is 2.72. The second-order valence-corrected chi connectivity index (χ2v) is 6.45. The fraction of sp³-hybridized carbons (Fsp3) is 0.583. The maximum atomic E-state index is 5.81. The lowest BCUT2D eigenvalue weighted by Gasteiger charge is -2.36. The van der Waals surface area contributed by atoms with Crippen molar-refractivity contribution < 1.29 is 0 Å². The van der Waals surface area contributed by atoms with Crippen LogP contribution in [0.5, 0.6) is 0 Å². The van der Waals surface area contributed by atoms with Crippen molar-refractivity contribution in [2.24, 2.45) is 0 Å². The molecule has 1 aromatic rings. The molecule has 2 atom stereocenters. The lowest BCUT2D eigenvalue weighted by molar-refractivity contribution is 0.727. The van der Waals surface area contributed by atoms with Crippen LogP contribution in [-0.2, 0) is 5.88 Å². The number of alkyl halides is 1. The molecule has 0 aromatic carbocycles. The summed E-state index contributed by atoms with van der Waals surface area (Å²) in [6.45, 7) is 6.80. The highest BCUT2D eigenvalue weighted by atomic mass is 35.5. The fourth-order valence-corrected chi connectivity index (χ4v) is 3.60. The molecule has 0 amide bonds. The van der Waals surface area contributed by atoms with Crippen molar-refractivity contribution in [1.82, 2.24) is 4.98 Å². The van der Waals surface area contributed by atoms with Gasteiger partial charge in [0.15, 0.2) is 0 Å². The van der Waals surface area contributed by atoms with Gasteiger partial charge >= 0.3 is 0 Å². The van der Waals surface area contributed by atoms with Crippen molar-refractivity contribution in [3.05, 3.63) is 24.0 Å². The first-order valence-corrected chi connectivity index (χ1v) is 7.08. The standard InChI is InChI=1S/C12H17ClN2S/c1-9-7-15(8-10(2)16-9)12-3-4-14-11(5-12)6-13/h3-5,9-10H,6-8H2,1-2H3. The van der Waals surface area contributed by atoms with E-state index in [0.717, 1.165) is 18.8 Å². The normalized spacial score (nSPS) is 25.8. The van der Waals surface area contributed by atoms with Gasteiger partial charge < -0.3 is 4.90 Å². The average Bonchev–Trinajstić information content (AvgIpc) is 2.28. The van der Waals surface area contributed by atoms with Gasteiger partial charge in [-0.05, 0) is 12.1 Å². The molecular weight excluding hydrogens is 240 g/mol. The van der Waals surface area contributed by atoms with Gasteiger partial charge in [-0.2, -0.15) is 11.8 Å².